The number of esters is 2. The van der Waals surface area contributed by atoms with Gasteiger partial charge in [-0.1, -0.05) is 74.3 Å². The number of ketones is 2. The number of hydrogen-bond donors (Lipinski definition) is 3. The van der Waals surface area contributed by atoms with Crippen molar-refractivity contribution in [2.24, 2.45) is 11.8 Å². The van der Waals surface area contributed by atoms with E-state index in [-0.39, 0.29) is 76.4 Å². The van der Waals surface area contributed by atoms with Crippen molar-refractivity contribution >= 4 is 55.4 Å². The lowest BCUT2D eigenvalue weighted by Gasteiger charge is -2.32. The molecule has 67 heavy (non-hydrogen) atoms. The highest BCUT2D eigenvalue weighted by atomic mass is 79.9. The second kappa shape index (κ2) is 24.6. The second-order valence-corrected chi connectivity index (χ2v) is 20.6. The molecule has 0 bridgehead atoms. The van der Waals surface area contributed by atoms with E-state index in [9.17, 15) is 34.7 Å². The van der Waals surface area contributed by atoms with Gasteiger partial charge in [0.1, 0.15) is 34.8 Å². The molecule has 0 atom stereocenters. The van der Waals surface area contributed by atoms with Gasteiger partial charge in [-0.25, -0.2) is 0 Å². The van der Waals surface area contributed by atoms with E-state index in [0.717, 1.165) is 64.7 Å². The van der Waals surface area contributed by atoms with Crippen LogP contribution in [-0.2, 0) is 38.4 Å². The molecule has 0 amide bonds. The molecule has 2 aliphatic rings. The van der Waals surface area contributed by atoms with Gasteiger partial charge in [0.05, 0.1) is 23.0 Å². The number of rotatable bonds is 10. The fraction of sp³-hybridized carbons (Fsp3) is 0.434. The van der Waals surface area contributed by atoms with Gasteiger partial charge in [0, 0.05) is 50.6 Å². The van der Waals surface area contributed by atoms with E-state index >= 15 is 0 Å². The van der Waals surface area contributed by atoms with Gasteiger partial charge in [-0.15, -0.1) is 0 Å². The minimum Gasteiger partial charge on any atom is -0.506 e. The summed E-state index contributed by atoms with van der Waals surface area (Å²) < 4.78 is 12.6. The molecule has 12 nitrogen and oxygen atoms in total. The minimum absolute atomic E-state index is 0.00631. The van der Waals surface area contributed by atoms with Crippen LogP contribution in [-0.4, -0.2) is 76.0 Å². The zero-order valence-corrected chi connectivity index (χ0v) is 42.9. The molecule has 3 N–H and O–H groups in total. The predicted octanol–water partition coefficient (Wildman–Crippen LogP) is 10.4. The average Bonchev–Trinajstić information content (AvgIpc) is 3.27. The number of carbonyl (C=O) groups is 4. The van der Waals surface area contributed by atoms with Crippen molar-refractivity contribution < 1.29 is 38.9 Å². The number of ether oxygens (including phenoxy) is 2. The monoisotopic (exact) mass is 1040 g/mol. The fourth-order valence-electron chi connectivity index (χ4n) is 7.66. The van der Waals surface area contributed by atoms with Crippen molar-refractivity contribution in [2.75, 3.05) is 26.2 Å². The molecular weight excluding hydrogens is 980 g/mol. The number of carbonyl (C=O) groups excluding carboxylic acids is 4. The number of hydrogen-bond acceptors (Lipinski definition) is 12. The van der Waals surface area contributed by atoms with Crippen LogP contribution in [0.25, 0.3) is 0 Å². The third-order valence-corrected chi connectivity index (χ3v) is 13.0. The molecule has 14 heteroatoms. The van der Waals surface area contributed by atoms with Crippen molar-refractivity contribution in [1.82, 2.24) is 10.2 Å². The lowest BCUT2D eigenvalue weighted by atomic mass is 9.94. The quantitative estimate of drug-likeness (QED) is 0.101. The molecule has 4 aromatic carbocycles. The molecule has 2 saturated heterocycles. The van der Waals surface area contributed by atoms with Gasteiger partial charge in [0.15, 0.2) is 11.6 Å². The van der Waals surface area contributed by atoms with Gasteiger partial charge < -0.3 is 25.0 Å². The standard InChI is InChI=1S/C27H31BrN2O4.C16H12BrNO2.C10H19NO2/c1-17-22(6-5-7-23(17)28)24(31)14-20-12-18(13-21(15-29)25(20)32)16-30-10-8-19(9-11-30)26(33)34-27(2,3)4;1-10-13(6-3-7-14(10)17)15(19)8-11-4-2-5-12(9-18)16(11)20;1-10(2,3)13-9(12)8-4-6-11-7-5-8/h5-7,12-13,19,32H,8-11,14,16H2,1-4H3;2-7,20H,8H2,1H3;8,11H,4-7H2,1-3H3. The molecule has 4 aromatic rings. The molecule has 2 heterocycles. The topological polar surface area (TPSA) is 190 Å². The van der Waals surface area contributed by atoms with Crippen LogP contribution in [0.2, 0.25) is 0 Å². The number of nitrogens with one attached hydrogen (secondary N) is 1. The number of halogens is 2. The summed E-state index contributed by atoms with van der Waals surface area (Å²) in [7, 11) is 0. The lowest BCUT2D eigenvalue weighted by Crippen LogP contribution is -2.38. The maximum atomic E-state index is 13.0. The van der Waals surface area contributed by atoms with Gasteiger partial charge >= 0.3 is 11.9 Å². The Morgan fingerprint density at radius 1 is 0.672 bits per heavy atom. The van der Waals surface area contributed by atoms with Crippen LogP contribution in [0.1, 0.15) is 127 Å². The summed E-state index contributed by atoms with van der Waals surface area (Å²) in [5.74, 6) is -0.636. The molecule has 356 valence electrons. The first-order valence-corrected chi connectivity index (χ1v) is 24.0. The van der Waals surface area contributed by atoms with Gasteiger partial charge in [-0.2, -0.15) is 10.5 Å². The smallest absolute Gasteiger partial charge is 0.309 e. The SMILES string of the molecule is CC(C)(C)OC(=O)C1CCNCC1.Cc1c(Br)cccc1C(=O)Cc1cc(CN2CCC(C(=O)OC(C)(C)C)CC2)cc(C#N)c1O.Cc1c(Br)cccc1C(=O)Cc1cccc(C#N)c1O. The molecule has 2 fully saturated rings. The van der Waals surface area contributed by atoms with Crippen molar-refractivity contribution in [3.8, 4) is 23.6 Å². The predicted molar refractivity (Wildman–Crippen MR) is 265 cm³/mol. The summed E-state index contributed by atoms with van der Waals surface area (Å²) in [5, 5.41) is 42.1. The number of aromatic hydroxyl groups is 2. The van der Waals surface area contributed by atoms with Gasteiger partial charge in [0.25, 0.3) is 0 Å². The lowest BCUT2D eigenvalue weighted by molar-refractivity contribution is -0.162. The van der Waals surface area contributed by atoms with Gasteiger partial charge in [0.2, 0.25) is 0 Å². The Morgan fingerprint density at radius 2 is 1.12 bits per heavy atom. The first-order chi connectivity index (χ1) is 31.5. The van der Waals surface area contributed by atoms with E-state index in [1.165, 1.54) is 6.07 Å². The zero-order chi connectivity index (χ0) is 49.6. The summed E-state index contributed by atoms with van der Waals surface area (Å²) in [5.41, 5.74) is 4.19. The summed E-state index contributed by atoms with van der Waals surface area (Å²) in [6.45, 7) is 19.0. The van der Waals surface area contributed by atoms with E-state index in [0.29, 0.717) is 41.6 Å². The zero-order valence-electron chi connectivity index (χ0n) is 39.7. The molecule has 6 rings (SSSR count). The van der Waals surface area contributed by atoms with E-state index in [1.54, 1.807) is 42.5 Å². The van der Waals surface area contributed by atoms with E-state index in [1.807, 2.05) is 85.7 Å². The second-order valence-electron chi connectivity index (χ2n) is 18.9. The molecule has 2 aliphatic heterocycles. The van der Waals surface area contributed by atoms with Crippen LogP contribution in [0.5, 0.6) is 11.5 Å². The number of nitriles is 2. The Morgan fingerprint density at radius 3 is 1.60 bits per heavy atom. The third-order valence-electron chi connectivity index (χ3n) is 11.3. The third kappa shape index (κ3) is 16.4. The van der Waals surface area contributed by atoms with Gasteiger partial charge in [-0.3, -0.25) is 24.1 Å². The van der Waals surface area contributed by atoms with Crippen LogP contribution < -0.4 is 5.32 Å². The highest BCUT2D eigenvalue weighted by Crippen LogP contribution is 2.30. The summed E-state index contributed by atoms with van der Waals surface area (Å²) in [4.78, 5) is 51.4. The summed E-state index contributed by atoms with van der Waals surface area (Å²) >= 11 is 6.84. The summed E-state index contributed by atoms with van der Waals surface area (Å²) in [6, 6.07) is 23.1. The van der Waals surface area contributed by atoms with E-state index in [2.05, 4.69) is 42.1 Å². The number of para-hydroxylation sites is 1. The Labute approximate surface area is 411 Å². The number of nitrogens with zero attached hydrogens (tertiary/aromatic N) is 3. The summed E-state index contributed by atoms with van der Waals surface area (Å²) in [6.07, 6.45) is 3.33. The molecule has 0 radical (unpaired) electrons. The molecule has 0 aliphatic carbocycles. The maximum Gasteiger partial charge on any atom is 0.309 e. The average molecular weight is 1040 g/mol. The number of benzene rings is 4. The van der Waals surface area contributed by atoms with Crippen molar-refractivity contribution in [3.05, 3.63) is 126 Å². The van der Waals surface area contributed by atoms with Crippen LogP contribution in [0.15, 0.2) is 75.7 Å². The van der Waals surface area contributed by atoms with Gasteiger partial charge in [-0.05, 0) is 148 Å². The molecular formula is C53H62Br2N4O8. The molecule has 0 spiro atoms. The maximum absolute atomic E-state index is 13.0. The van der Waals surface area contributed by atoms with Crippen LogP contribution in [0, 0.1) is 48.3 Å². The Bertz CT molecular complexity index is 2500. The normalized spacial score (nSPS) is 14.5. The van der Waals surface area contributed by atoms with Crippen LogP contribution in [0.3, 0.4) is 0 Å². The number of Topliss-reactive ketones (excluding diaryl/α,β-unsaturated/α-hetero) is 2. The number of phenolic OH excluding ortho intramolecular Hbond substituents is 2. The largest absolute Gasteiger partial charge is 0.506 e. The molecule has 0 unspecified atom stereocenters. The number of likely N-dealkylation sites (tertiary alicyclic amines) is 1. The highest BCUT2D eigenvalue weighted by Gasteiger charge is 2.30. The first-order valence-electron chi connectivity index (χ1n) is 22.4. The molecule has 0 aromatic heterocycles. The Balaban J connectivity index is 0.000000249. The van der Waals surface area contributed by atoms with Crippen molar-refractivity contribution in [2.45, 2.75) is 112 Å². The van der Waals surface area contributed by atoms with E-state index in [4.69, 9.17) is 14.7 Å². The van der Waals surface area contributed by atoms with Crippen molar-refractivity contribution in [1.29, 1.82) is 10.5 Å². The highest BCUT2D eigenvalue weighted by molar-refractivity contribution is 9.10. The number of piperidine rings is 2. The van der Waals surface area contributed by atoms with Crippen LogP contribution >= 0.6 is 31.9 Å². The fourth-order valence-corrected chi connectivity index (χ4v) is 8.40. The minimum atomic E-state index is -0.490. The first kappa shape index (κ1) is 54.2. The Hall–Kier alpha value is -5.38. The van der Waals surface area contributed by atoms with Crippen LogP contribution in [0.4, 0.5) is 0 Å². The van der Waals surface area contributed by atoms with E-state index < -0.39 is 5.60 Å². The number of phenols is 2. The molecule has 0 saturated carbocycles. The van der Waals surface area contributed by atoms with Crippen molar-refractivity contribution in [3.63, 3.8) is 0 Å². The Kier molecular flexibility index (Phi) is 19.9.